The van der Waals surface area contributed by atoms with E-state index in [9.17, 15) is 0 Å². The summed E-state index contributed by atoms with van der Waals surface area (Å²) in [4.78, 5) is 2.50. The number of halogens is 1. The summed E-state index contributed by atoms with van der Waals surface area (Å²) in [6.07, 6.45) is 5.59. The van der Waals surface area contributed by atoms with Gasteiger partial charge in [-0.1, -0.05) is 22.9 Å². The van der Waals surface area contributed by atoms with Crippen LogP contribution >= 0.6 is 15.9 Å². The first-order chi connectivity index (χ1) is 6.86. The molecule has 1 aliphatic heterocycles. The summed E-state index contributed by atoms with van der Waals surface area (Å²) in [7, 11) is 0. The van der Waals surface area contributed by atoms with Crippen LogP contribution in [0.2, 0.25) is 0 Å². The third kappa shape index (κ3) is 4.76. The monoisotopic (exact) mass is 263 g/mol. The highest BCUT2D eigenvalue weighted by molar-refractivity contribution is 9.09. The Labute approximate surface area is 96.1 Å². The first-order valence-electron chi connectivity index (χ1n) is 5.76. The molecule has 1 heterocycles. The van der Waals surface area contributed by atoms with Gasteiger partial charge in [0.2, 0.25) is 0 Å². The maximum absolute atomic E-state index is 5.74. The second-order valence-electron chi connectivity index (χ2n) is 3.92. The molecule has 1 fully saturated rings. The third-order valence-electron chi connectivity index (χ3n) is 2.79. The molecule has 14 heavy (non-hydrogen) atoms. The van der Waals surface area contributed by atoms with Crippen LogP contribution in [-0.4, -0.2) is 42.6 Å². The number of alkyl halides is 1. The van der Waals surface area contributed by atoms with Crippen LogP contribution in [0.4, 0.5) is 0 Å². The van der Waals surface area contributed by atoms with E-state index in [-0.39, 0.29) is 0 Å². The molecular weight excluding hydrogens is 242 g/mol. The van der Waals surface area contributed by atoms with Crippen LogP contribution in [-0.2, 0) is 4.74 Å². The average Bonchev–Trinajstić information content (AvgIpc) is 2.25. The third-order valence-corrected chi connectivity index (χ3v) is 3.35. The van der Waals surface area contributed by atoms with Crippen LogP contribution in [0.5, 0.6) is 0 Å². The zero-order valence-electron chi connectivity index (χ0n) is 9.17. The van der Waals surface area contributed by atoms with Crippen molar-refractivity contribution in [2.45, 2.75) is 38.7 Å². The van der Waals surface area contributed by atoms with Crippen LogP contribution < -0.4 is 0 Å². The van der Waals surface area contributed by atoms with Crippen molar-refractivity contribution in [2.24, 2.45) is 0 Å². The lowest BCUT2D eigenvalue weighted by Crippen LogP contribution is -2.36. The van der Waals surface area contributed by atoms with E-state index < -0.39 is 0 Å². The Balaban J connectivity index is 2.16. The van der Waals surface area contributed by atoms with Crippen LogP contribution in [0.25, 0.3) is 0 Å². The second kappa shape index (κ2) is 7.66. The quantitative estimate of drug-likeness (QED) is 0.684. The lowest BCUT2D eigenvalue weighted by molar-refractivity contribution is -0.00475. The van der Waals surface area contributed by atoms with Crippen molar-refractivity contribution in [1.82, 2.24) is 4.90 Å². The largest absolute Gasteiger partial charge is 0.377 e. The van der Waals surface area contributed by atoms with E-state index in [1.807, 2.05) is 0 Å². The van der Waals surface area contributed by atoms with E-state index in [4.69, 9.17) is 4.74 Å². The molecule has 0 spiro atoms. The Bertz CT molecular complexity index is 137. The van der Waals surface area contributed by atoms with Gasteiger partial charge in [0.05, 0.1) is 6.10 Å². The van der Waals surface area contributed by atoms with Crippen LogP contribution in [0, 0.1) is 0 Å². The van der Waals surface area contributed by atoms with Crippen LogP contribution in [0.3, 0.4) is 0 Å². The van der Waals surface area contributed by atoms with E-state index in [0.29, 0.717) is 6.10 Å². The van der Waals surface area contributed by atoms with Gasteiger partial charge in [-0.2, -0.15) is 0 Å². The van der Waals surface area contributed by atoms with Crippen molar-refractivity contribution in [1.29, 1.82) is 0 Å². The Hall–Kier alpha value is 0.400. The molecule has 1 aliphatic rings. The van der Waals surface area contributed by atoms with Gasteiger partial charge in [-0.3, -0.25) is 0 Å². The minimum atomic E-state index is 0.499. The lowest BCUT2D eigenvalue weighted by Gasteiger charge is -2.29. The lowest BCUT2D eigenvalue weighted by atomic mass is 10.1. The van der Waals surface area contributed by atoms with Gasteiger partial charge < -0.3 is 9.64 Å². The number of rotatable bonds is 6. The fraction of sp³-hybridized carbons (Fsp3) is 1.00. The molecule has 1 saturated heterocycles. The highest BCUT2D eigenvalue weighted by atomic mass is 79.9. The first kappa shape index (κ1) is 12.5. The van der Waals surface area contributed by atoms with E-state index in [0.717, 1.165) is 25.0 Å². The summed E-state index contributed by atoms with van der Waals surface area (Å²) in [5.74, 6) is 0. The highest BCUT2D eigenvalue weighted by Crippen LogP contribution is 2.13. The minimum Gasteiger partial charge on any atom is -0.377 e. The van der Waals surface area contributed by atoms with Crippen molar-refractivity contribution < 1.29 is 4.74 Å². The topological polar surface area (TPSA) is 12.5 Å². The molecule has 1 atom stereocenters. The molecule has 0 saturated carbocycles. The molecule has 3 heteroatoms. The summed E-state index contributed by atoms with van der Waals surface area (Å²) < 4.78 is 5.74. The summed E-state index contributed by atoms with van der Waals surface area (Å²) >= 11 is 3.47. The predicted molar refractivity (Wildman–Crippen MR) is 64.1 cm³/mol. The van der Waals surface area contributed by atoms with Crippen molar-refractivity contribution in [3.8, 4) is 0 Å². The van der Waals surface area contributed by atoms with Gasteiger partial charge >= 0.3 is 0 Å². The molecule has 1 rings (SSSR count). The highest BCUT2D eigenvalue weighted by Gasteiger charge is 2.16. The van der Waals surface area contributed by atoms with E-state index in [1.165, 1.54) is 32.2 Å². The zero-order valence-corrected chi connectivity index (χ0v) is 10.8. The molecule has 0 N–H and O–H groups in total. The SMILES string of the molecule is CCN(CCCBr)CC1CCCCO1. The fourth-order valence-electron chi connectivity index (χ4n) is 1.90. The maximum atomic E-state index is 5.74. The maximum Gasteiger partial charge on any atom is 0.0702 e. The van der Waals surface area contributed by atoms with Crippen molar-refractivity contribution in [3.05, 3.63) is 0 Å². The fourth-order valence-corrected chi connectivity index (χ4v) is 2.15. The minimum absolute atomic E-state index is 0.499. The van der Waals surface area contributed by atoms with Gasteiger partial charge in [0.25, 0.3) is 0 Å². The van der Waals surface area contributed by atoms with E-state index >= 15 is 0 Å². The molecule has 2 nitrogen and oxygen atoms in total. The summed E-state index contributed by atoms with van der Waals surface area (Å²) in [5, 5.41) is 1.11. The van der Waals surface area contributed by atoms with Crippen molar-refractivity contribution in [2.75, 3.05) is 31.6 Å². The van der Waals surface area contributed by atoms with Crippen LogP contribution in [0.1, 0.15) is 32.6 Å². The molecular formula is C11H22BrNO. The van der Waals surface area contributed by atoms with Gasteiger partial charge in [-0.25, -0.2) is 0 Å². The van der Waals surface area contributed by atoms with Gasteiger partial charge in [0.1, 0.15) is 0 Å². The summed E-state index contributed by atoms with van der Waals surface area (Å²) in [6.45, 7) is 6.68. The molecule has 0 bridgehead atoms. The van der Waals surface area contributed by atoms with Gasteiger partial charge in [-0.15, -0.1) is 0 Å². The van der Waals surface area contributed by atoms with Gasteiger partial charge in [0, 0.05) is 18.5 Å². The Morgan fingerprint density at radius 3 is 2.86 bits per heavy atom. The number of hydrogen-bond acceptors (Lipinski definition) is 2. The molecule has 84 valence electrons. The standard InChI is InChI=1S/C11H22BrNO/c1-2-13(8-5-7-12)10-11-6-3-4-9-14-11/h11H,2-10H2,1H3. The van der Waals surface area contributed by atoms with Crippen molar-refractivity contribution in [3.63, 3.8) is 0 Å². The Morgan fingerprint density at radius 2 is 2.29 bits per heavy atom. The number of likely N-dealkylation sites (N-methyl/N-ethyl adjacent to an activating group) is 1. The molecule has 0 aromatic carbocycles. The average molecular weight is 264 g/mol. The summed E-state index contributed by atoms with van der Waals surface area (Å²) in [6, 6.07) is 0. The molecule has 0 aromatic rings. The molecule has 0 aliphatic carbocycles. The van der Waals surface area contributed by atoms with Gasteiger partial charge in [-0.05, 0) is 38.8 Å². The molecule has 0 aromatic heterocycles. The zero-order chi connectivity index (χ0) is 10.2. The predicted octanol–water partition coefficient (Wildman–Crippen LogP) is 2.66. The first-order valence-corrected chi connectivity index (χ1v) is 6.89. The van der Waals surface area contributed by atoms with E-state index in [1.54, 1.807) is 0 Å². The Kier molecular flexibility index (Phi) is 6.82. The number of hydrogen-bond donors (Lipinski definition) is 0. The Morgan fingerprint density at radius 1 is 1.43 bits per heavy atom. The smallest absolute Gasteiger partial charge is 0.0702 e. The number of nitrogens with zero attached hydrogens (tertiary/aromatic N) is 1. The second-order valence-corrected chi connectivity index (χ2v) is 4.72. The molecule has 0 amide bonds. The summed E-state index contributed by atoms with van der Waals surface area (Å²) in [5.41, 5.74) is 0. The van der Waals surface area contributed by atoms with Gasteiger partial charge in [0.15, 0.2) is 0 Å². The van der Waals surface area contributed by atoms with Crippen LogP contribution in [0.15, 0.2) is 0 Å². The van der Waals surface area contributed by atoms with E-state index in [2.05, 4.69) is 27.8 Å². The van der Waals surface area contributed by atoms with Crippen molar-refractivity contribution >= 4 is 15.9 Å². The normalized spacial score (nSPS) is 22.9. The number of ether oxygens (including phenoxy) is 1. The molecule has 0 radical (unpaired) electrons. The molecule has 1 unspecified atom stereocenters.